The SMILES string of the molecule is CCNC1CCN(N(C)C)C1=O. The molecule has 70 valence electrons. The molecular weight excluding hydrogens is 154 g/mol. The van der Waals surface area contributed by atoms with Crippen LogP contribution >= 0.6 is 0 Å². The van der Waals surface area contributed by atoms with Crippen molar-refractivity contribution < 1.29 is 4.79 Å². The lowest BCUT2D eigenvalue weighted by molar-refractivity contribution is -0.140. The molecule has 1 fully saturated rings. The Labute approximate surface area is 73.5 Å². The van der Waals surface area contributed by atoms with Crippen molar-refractivity contribution in [3.8, 4) is 0 Å². The van der Waals surface area contributed by atoms with E-state index in [-0.39, 0.29) is 11.9 Å². The summed E-state index contributed by atoms with van der Waals surface area (Å²) >= 11 is 0. The van der Waals surface area contributed by atoms with E-state index >= 15 is 0 Å². The quantitative estimate of drug-likeness (QED) is 0.632. The minimum atomic E-state index is 0.0393. The maximum absolute atomic E-state index is 11.6. The average molecular weight is 171 g/mol. The monoisotopic (exact) mass is 171 g/mol. The van der Waals surface area contributed by atoms with Gasteiger partial charge in [0.25, 0.3) is 5.91 Å². The van der Waals surface area contributed by atoms with E-state index in [1.54, 1.807) is 5.01 Å². The third-order valence-corrected chi connectivity index (χ3v) is 2.12. The van der Waals surface area contributed by atoms with Gasteiger partial charge >= 0.3 is 0 Å². The van der Waals surface area contributed by atoms with E-state index in [4.69, 9.17) is 0 Å². The summed E-state index contributed by atoms with van der Waals surface area (Å²) in [5.41, 5.74) is 0. The molecule has 0 aromatic rings. The van der Waals surface area contributed by atoms with Crippen molar-refractivity contribution in [2.45, 2.75) is 19.4 Å². The highest BCUT2D eigenvalue weighted by molar-refractivity contribution is 5.83. The van der Waals surface area contributed by atoms with Crippen LogP contribution in [0.4, 0.5) is 0 Å². The molecule has 1 aliphatic rings. The largest absolute Gasteiger partial charge is 0.306 e. The summed E-state index contributed by atoms with van der Waals surface area (Å²) < 4.78 is 0. The van der Waals surface area contributed by atoms with Gasteiger partial charge in [-0.15, -0.1) is 0 Å². The lowest BCUT2D eigenvalue weighted by Crippen LogP contribution is -2.43. The summed E-state index contributed by atoms with van der Waals surface area (Å²) in [6.07, 6.45) is 0.921. The van der Waals surface area contributed by atoms with Crippen LogP contribution in [0.1, 0.15) is 13.3 Å². The second-order valence-electron chi connectivity index (χ2n) is 3.21. The Morgan fingerprint density at radius 1 is 1.67 bits per heavy atom. The van der Waals surface area contributed by atoms with Gasteiger partial charge in [0.1, 0.15) is 0 Å². The van der Waals surface area contributed by atoms with Gasteiger partial charge in [-0.3, -0.25) is 9.80 Å². The number of amides is 1. The summed E-state index contributed by atoms with van der Waals surface area (Å²) in [5.74, 6) is 0.196. The Kier molecular flexibility index (Phi) is 3.05. The molecule has 1 heterocycles. The van der Waals surface area contributed by atoms with E-state index in [9.17, 15) is 4.79 Å². The fourth-order valence-electron chi connectivity index (χ4n) is 1.50. The molecular formula is C8H17N3O. The van der Waals surface area contributed by atoms with E-state index in [1.165, 1.54) is 0 Å². The van der Waals surface area contributed by atoms with E-state index in [1.807, 2.05) is 26.0 Å². The van der Waals surface area contributed by atoms with Crippen molar-refractivity contribution in [2.75, 3.05) is 27.2 Å². The Morgan fingerprint density at radius 2 is 2.33 bits per heavy atom. The summed E-state index contributed by atoms with van der Waals surface area (Å²) in [6.45, 7) is 3.72. The predicted octanol–water partition coefficient (Wildman–Crippen LogP) is -0.327. The van der Waals surface area contributed by atoms with Crippen LogP contribution in [0.25, 0.3) is 0 Å². The molecule has 1 aliphatic heterocycles. The number of hydrogen-bond donors (Lipinski definition) is 1. The van der Waals surface area contributed by atoms with Gasteiger partial charge in [-0.25, -0.2) is 5.01 Å². The van der Waals surface area contributed by atoms with Gasteiger partial charge in [0, 0.05) is 20.6 Å². The molecule has 1 unspecified atom stereocenters. The molecule has 0 spiro atoms. The van der Waals surface area contributed by atoms with E-state index in [0.29, 0.717) is 0 Å². The van der Waals surface area contributed by atoms with Crippen molar-refractivity contribution in [1.82, 2.24) is 15.3 Å². The molecule has 1 rings (SSSR count). The molecule has 0 aromatic carbocycles. The molecule has 4 nitrogen and oxygen atoms in total. The standard InChI is InChI=1S/C8H17N3O/c1-4-9-7-5-6-11(8(7)12)10(2)3/h7,9H,4-6H2,1-3H3. The topological polar surface area (TPSA) is 35.6 Å². The average Bonchev–Trinajstić information content (AvgIpc) is 2.34. The molecule has 0 aromatic heterocycles. The number of likely N-dealkylation sites (N-methyl/N-ethyl adjacent to an activating group) is 1. The van der Waals surface area contributed by atoms with Gasteiger partial charge < -0.3 is 5.32 Å². The predicted molar refractivity (Wildman–Crippen MR) is 47.5 cm³/mol. The summed E-state index contributed by atoms with van der Waals surface area (Å²) in [7, 11) is 3.79. The highest BCUT2D eigenvalue weighted by Gasteiger charge is 2.31. The molecule has 0 bridgehead atoms. The maximum atomic E-state index is 11.6. The highest BCUT2D eigenvalue weighted by Crippen LogP contribution is 2.11. The Hall–Kier alpha value is -0.610. The third kappa shape index (κ3) is 1.76. The van der Waals surface area contributed by atoms with Crippen molar-refractivity contribution in [3.63, 3.8) is 0 Å². The van der Waals surface area contributed by atoms with Crippen LogP contribution in [0, 0.1) is 0 Å². The van der Waals surface area contributed by atoms with Crippen LogP contribution < -0.4 is 5.32 Å². The van der Waals surface area contributed by atoms with Crippen LogP contribution in [0.3, 0.4) is 0 Å². The lowest BCUT2D eigenvalue weighted by atomic mass is 10.2. The van der Waals surface area contributed by atoms with Crippen LogP contribution in [0.15, 0.2) is 0 Å². The molecule has 1 N–H and O–H groups in total. The van der Waals surface area contributed by atoms with Gasteiger partial charge in [-0.1, -0.05) is 6.92 Å². The van der Waals surface area contributed by atoms with Crippen molar-refractivity contribution in [1.29, 1.82) is 0 Å². The Morgan fingerprint density at radius 3 is 2.75 bits per heavy atom. The van der Waals surface area contributed by atoms with Gasteiger partial charge in [0.2, 0.25) is 0 Å². The number of nitrogens with zero attached hydrogens (tertiary/aromatic N) is 2. The van der Waals surface area contributed by atoms with Crippen LogP contribution in [-0.2, 0) is 4.79 Å². The Bertz CT molecular complexity index is 170. The number of hydrogen-bond acceptors (Lipinski definition) is 3. The number of nitrogens with one attached hydrogen (secondary N) is 1. The van der Waals surface area contributed by atoms with Gasteiger partial charge in [-0.2, -0.15) is 0 Å². The van der Waals surface area contributed by atoms with Crippen LogP contribution in [0.2, 0.25) is 0 Å². The van der Waals surface area contributed by atoms with Crippen LogP contribution in [-0.4, -0.2) is 49.2 Å². The first-order chi connectivity index (χ1) is 5.66. The third-order valence-electron chi connectivity index (χ3n) is 2.12. The van der Waals surface area contributed by atoms with Gasteiger partial charge in [0.05, 0.1) is 6.04 Å². The molecule has 4 heteroatoms. The smallest absolute Gasteiger partial charge is 0.254 e. The van der Waals surface area contributed by atoms with E-state index in [2.05, 4.69) is 5.32 Å². The Balaban J connectivity index is 2.49. The zero-order chi connectivity index (χ0) is 9.14. The normalized spacial score (nSPS) is 24.2. The van der Waals surface area contributed by atoms with Gasteiger partial charge in [-0.05, 0) is 13.0 Å². The second-order valence-corrected chi connectivity index (χ2v) is 3.21. The zero-order valence-electron chi connectivity index (χ0n) is 8.00. The zero-order valence-corrected chi connectivity index (χ0v) is 8.00. The maximum Gasteiger partial charge on any atom is 0.254 e. The molecule has 0 saturated carbocycles. The van der Waals surface area contributed by atoms with Crippen molar-refractivity contribution in [2.24, 2.45) is 0 Å². The molecule has 0 radical (unpaired) electrons. The van der Waals surface area contributed by atoms with E-state index in [0.717, 1.165) is 19.5 Å². The number of rotatable bonds is 3. The first kappa shape index (κ1) is 9.48. The molecule has 0 aliphatic carbocycles. The summed E-state index contributed by atoms with van der Waals surface area (Å²) in [5, 5.41) is 6.78. The molecule has 12 heavy (non-hydrogen) atoms. The van der Waals surface area contributed by atoms with E-state index < -0.39 is 0 Å². The number of carbonyl (C=O) groups is 1. The lowest BCUT2D eigenvalue weighted by Gasteiger charge is -2.23. The molecule has 1 amide bonds. The highest BCUT2D eigenvalue weighted by atomic mass is 16.2. The molecule has 1 atom stereocenters. The minimum Gasteiger partial charge on any atom is -0.306 e. The summed E-state index contributed by atoms with van der Waals surface area (Å²) in [6, 6.07) is 0.0393. The minimum absolute atomic E-state index is 0.0393. The number of hydrazine groups is 1. The fourth-order valence-corrected chi connectivity index (χ4v) is 1.50. The van der Waals surface area contributed by atoms with Crippen LogP contribution in [0.5, 0.6) is 0 Å². The first-order valence-corrected chi connectivity index (χ1v) is 4.38. The first-order valence-electron chi connectivity index (χ1n) is 4.38. The van der Waals surface area contributed by atoms with Gasteiger partial charge in [0.15, 0.2) is 0 Å². The van der Waals surface area contributed by atoms with Crippen molar-refractivity contribution in [3.05, 3.63) is 0 Å². The van der Waals surface area contributed by atoms with Crippen molar-refractivity contribution >= 4 is 5.91 Å². The molecule has 1 saturated heterocycles. The summed E-state index contributed by atoms with van der Waals surface area (Å²) in [4.78, 5) is 11.6. The second kappa shape index (κ2) is 3.87. The fraction of sp³-hybridized carbons (Fsp3) is 0.875. The number of carbonyl (C=O) groups excluding carboxylic acids is 1.